The van der Waals surface area contributed by atoms with E-state index in [-0.39, 0.29) is 0 Å². The Bertz CT molecular complexity index is 545. The molecule has 1 amide bonds. The molecule has 0 radical (unpaired) electrons. The Hall–Kier alpha value is -2.04. The van der Waals surface area contributed by atoms with E-state index < -0.39 is 5.91 Å². The third-order valence-electron chi connectivity index (χ3n) is 4.97. The molecule has 0 aliphatic heterocycles. The molecule has 0 aromatic heterocycles. The molecule has 0 bridgehead atoms. The second kappa shape index (κ2) is 7.99. The fourth-order valence-electron chi connectivity index (χ4n) is 3.24. The van der Waals surface area contributed by atoms with Crippen molar-refractivity contribution in [2.45, 2.75) is 45.6 Å². The minimum atomic E-state index is -0.400. The second-order valence-corrected chi connectivity index (χ2v) is 6.40. The molecule has 126 valence electrons. The largest absolute Gasteiger partial charge is 0.366 e. The number of hydrogen-bond donors (Lipinski definition) is 3. The standard InChI is InChI=1S/C18H28N4O/c1-3-18(10-4-5-11-18)13-22-17(20-2)21-12-14-6-8-15(9-7-14)16(19)23/h6-9H,3-5,10-13H2,1-2H3,(H2,19,23)(H2,20,21,22). The number of nitrogens with zero attached hydrogens (tertiary/aromatic N) is 1. The lowest BCUT2D eigenvalue weighted by Crippen LogP contribution is -2.42. The Morgan fingerprint density at radius 3 is 2.39 bits per heavy atom. The summed E-state index contributed by atoms with van der Waals surface area (Å²) in [6.45, 7) is 3.92. The van der Waals surface area contributed by atoms with Crippen LogP contribution in [0, 0.1) is 5.41 Å². The fourth-order valence-corrected chi connectivity index (χ4v) is 3.24. The molecule has 4 N–H and O–H groups in total. The molecular formula is C18H28N4O. The van der Waals surface area contributed by atoms with Gasteiger partial charge in [-0.15, -0.1) is 0 Å². The highest BCUT2D eigenvalue weighted by Crippen LogP contribution is 2.40. The first-order valence-electron chi connectivity index (χ1n) is 8.42. The topological polar surface area (TPSA) is 79.5 Å². The third-order valence-corrected chi connectivity index (χ3v) is 4.97. The van der Waals surface area contributed by atoms with Crippen molar-refractivity contribution in [2.24, 2.45) is 16.1 Å². The van der Waals surface area contributed by atoms with Crippen LogP contribution in [0.1, 0.15) is 54.9 Å². The quantitative estimate of drug-likeness (QED) is 0.557. The predicted molar refractivity (Wildman–Crippen MR) is 94.4 cm³/mol. The Labute approximate surface area is 138 Å². The molecule has 0 spiro atoms. The van der Waals surface area contributed by atoms with Gasteiger partial charge in [0.2, 0.25) is 5.91 Å². The predicted octanol–water partition coefficient (Wildman–Crippen LogP) is 2.42. The number of carbonyl (C=O) groups is 1. The van der Waals surface area contributed by atoms with Crippen LogP contribution in [0.2, 0.25) is 0 Å². The number of rotatable bonds is 6. The van der Waals surface area contributed by atoms with E-state index in [0.717, 1.165) is 18.1 Å². The van der Waals surface area contributed by atoms with Gasteiger partial charge in [-0.1, -0.05) is 31.9 Å². The van der Waals surface area contributed by atoms with E-state index in [1.165, 1.54) is 32.1 Å². The first-order chi connectivity index (χ1) is 11.1. The van der Waals surface area contributed by atoms with Gasteiger partial charge in [-0.2, -0.15) is 0 Å². The van der Waals surface area contributed by atoms with E-state index in [9.17, 15) is 4.79 Å². The molecule has 2 rings (SSSR count). The molecule has 1 aromatic carbocycles. The van der Waals surface area contributed by atoms with Gasteiger partial charge in [-0.25, -0.2) is 0 Å². The first-order valence-corrected chi connectivity index (χ1v) is 8.42. The molecule has 1 aromatic rings. The van der Waals surface area contributed by atoms with Gasteiger partial charge in [-0.05, 0) is 42.4 Å². The molecule has 0 unspecified atom stereocenters. The average Bonchev–Trinajstić information content (AvgIpc) is 3.05. The van der Waals surface area contributed by atoms with Gasteiger partial charge in [0.25, 0.3) is 0 Å². The molecule has 1 fully saturated rings. The number of nitrogens with one attached hydrogen (secondary N) is 2. The van der Waals surface area contributed by atoms with Crippen LogP contribution in [0.15, 0.2) is 29.3 Å². The van der Waals surface area contributed by atoms with Gasteiger partial charge >= 0.3 is 0 Å². The minimum absolute atomic E-state index is 0.400. The lowest BCUT2D eigenvalue weighted by atomic mass is 9.83. The van der Waals surface area contributed by atoms with Crippen molar-refractivity contribution in [3.8, 4) is 0 Å². The molecule has 1 saturated carbocycles. The number of benzene rings is 1. The smallest absolute Gasteiger partial charge is 0.248 e. The van der Waals surface area contributed by atoms with Crippen LogP contribution in [0.5, 0.6) is 0 Å². The van der Waals surface area contributed by atoms with Crippen molar-refractivity contribution in [3.05, 3.63) is 35.4 Å². The maximum Gasteiger partial charge on any atom is 0.248 e. The third kappa shape index (κ3) is 4.71. The van der Waals surface area contributed by atoms with Crippen LogP contribution in [-0.2, 0) is 6.54 Å². The van der Waals surface area contributed by atoms with E-state index in [2.05, 4.69) is 22.5 Å². The number of amides is 1. The van der Waals surface area contributed by atoms with Crippen LogP contribution in [0.4, 0.5) is 0 Å². The fraction of sp³-hybridized carbons (Fsp3) is 0.556. The maximum atomic E-state index is 11.1. The molecular weight excluding hydrogens is 288 g/mol. The molecule has 0 heterocycles. The van der Waals surface area contributed by atoms with E-state index in [1.54, 1.807) is 19.2 Å². The van der Waals surface area contributed by atoms with Gasteiger partial charge in [0.05, 0.1) is 0 Å². The summed E-state index contributed by atoms with van der Waals surface area (Å²) in [6, 6.07) is 7.32. The van der Waals surface area contributed by atoms with Crippen LogP contribution >= 0.6 is 0 Å². The van der Waals surface area contributed by atoms with Gasteiger partial charge in [0, 0.05) is 25.7 Å². The van der Waals surface area contributed by atoms with Crippen molar-refractivity contribution < 1.29 is 4.79 Å². The number of aliphatic imine (C=N–C) groups is 1. The van der Waals surface area contributed by atoms with Crippen LogP contribution in [-0.4, -0.2) is 25.5 Å². The highest BCUT2D eigenvalue weighted by atomic mass is 16.1. The minimum Gasteiger partial charge on any atom is -0.366 e. The zero-order valence-corrected chi connectivity index (χ0v) is 14.2. The van der Waals surface area contributed by atoms with Crippen molar-refractivity contribution in [1.82, 2.24) is 10.6 Å². The number of guanidine groups is 1. The lowest BCUT2D eigenvalue weighted by Gasteiger charge is -2.28. The maximum absolute atomic E-state index is 11.1. The monoisotopic (exact) mass is 316 g/mol. The van der Waals surface area contributed by atoms with Gasteiger partial charge < -0.3 is 16.4 Å². The number of hydrogen-bond acceptors (Lipinski definition) is 2. The molecule has 1 aliphatic carbocycles. The molecule has 23 heavy (non-hydrogen) atoms. The van der Waals surface area contributed by atoms with Crippen molar-refractivity contribution >= 4 is 11.9 Å². The summed E-state index contributed by atoms with van der Waals surface area (Å²) in [5.41, 5.74) is 7.30. The SMILES string of the molecule is CCC1(CNC(=NC)NCc2ccc(C(N)=O)cc2)CCCC1. The summed E-state index contributed by atoms with van der Waals surface area (Å²) in [5.74, 6) is 0.423. The van der Waals surface area contributed by atoms with Gasteiger partial charge in [-0.3, -0.25) is 9.79 Å². The highest BCUT2D eigenvalue weighted by Gasteiger charge is 2.31. The second-order valence-electron chi connectivity index (χ2n) is 6.40. The first kappa shape index (κ1) is 17.3. The summed E-state index contributed by atoms with van der Waals surface area (Å²) >= 11 is 0. The summed E-state index contributed by atoms with van der Waals surface area (Å²) in [4.78, 5) is 15.4. The average molecular weight is 316 g/mol. The zero-order chi connectivity index (χ0) is 16.7. The van der Waals surface area contributed by atoms with Crippen molar-refractivity contribution in [2.75, 3.05) is 13.6 Å². The number of primary amides is 1. The number of nitrogens with two attached hydrogens (primary N) is 1. The van der Waals surface area contributed by atoms with Crippen molar-refractivity contribution in [1.29, 1.82) is 0 Å². The molecule has 1 aliphatic rings. The summed E-state index contributed by atoms with van der Waals surface area (Å²) in [5, 5.41) is 6.79. The Kier molecular flexibility index (Phi) is 6.02. The van der Waals surface area contributed by atoms with Gasteiger partial charge in [0.15, 0.2) is 5.96 Å². The van der Waals surface area contributed by atoms with Crippen LogP contribution in [0.3, 0.4) is 0 Å². The van der Waals surface area contributed by atoms with Crippen molar-refractivity contribution in [3.63, 3.8) is 0 Å². The van der Waals surface area contributed by atoms with E-state index in [0.29, 0.717) is 17.5 Å². The summed E-state index contributed by atoms with van der Waals surface area (Å²) in [6.07, 6.45) is 6.51. The zero-order valence-electron chi connectivity index (χ0n) is 14.2. The molecule has 0 saturated heterocycles. The van der Waals surface area contributed by atoms with E-state index >= 15 is 0 Å². The van der Waals surface area contributed by atoms with Crippen LogP contribution in [0.25, 0.3) is 0 Å². The summed E-state index contributed by atoms with van der Waals surface area (Å²) in [7, 11) is 1.79. The summed E-state index contributed by atoms with van der Waals surface area (Å²) < 4.78 is 0. The Morgan fingerprint density at radius 2 is 1.87 bits per heavy atom. The van der Waals surface area contributed by atoms with E-state index in [1.807, 2.05) is 12.1 Å². The Morgan fingerprint density at radius 1 is 1.22 bits per heavy atom. The van der Waals surface area contributed by atoms with E-state index in [4.69, 9.17) is 5.73 Å². The Balaban J connectivity index is 1.84. The number of carbonyl (C=O) groups excluding carboxylic acids is 1. The van der Waals surface area contributed by atoms with Gasteiger partial charge in [0.1, 0.15) is 0 Å². The lowest BCUT2D eigenvalue weighted by molar-refractivity contribution is 0.100. The highest BCUT2D eigenvalue weighted by molar-refractivity contribution is 5.92. The molecule has 0 atom stereocenters. The molecule has 5 nitrogen and oxygen atoms in total. The van der Waals surface area contributed by atoms with Crippen LogP contribution < -0.4 is 16.4 Å². The normalized spacial score (nSPS) is 17.0. The molecule has 5 heteroatoms.